The van der Waals surface area contributed by atoms with E-state index in [-0.39, 0.29) is 0 Å². The number of aromatic nitrogens is 2. The number of hydrogen-bond donors (Lipinski definition) is 2. The molecule has 0 radical (unpaired) electrons. The molecule has 0 atom stereocenters. The van der Waals surface area contributed by atoms with E-state index in [1.165, 1.54) is 17.7 Å². The van der Waals surface area contributed by atoms with Gasteiger partial charge in [-0.25, -0.2) is 4.98 Å². The van der Waals surface area contributed by atoms with Crippen LogP contribution < -0.4 is 10.6 Å². The Bertz CT molecular complexity index is 905. The van der Waals surface area contributed by atoms with Crippen molar-refractivity contribution in [3.8, 4) is 0 Å². The van der Waals surface area contributed by atoms with Crippen LogP contribution in [0, 0.1) is 13.8 Å². The number of benzene rings is 2. The van der Waals surface area contributed by atoms with E-state index in [1.54, 1.807) is 12.3 Å². The van der Waals surface area contributed by atoms with E-state index in [9.17, 15) is 13.2 Å². The molecule has 0 aliphatic rings. The molecule has 134 valence electrons. The minimum absolute atomic E-state index is 0.291. The van der Waals surface area contributed by atoms with Gasteiger partial charge in [0.25, 0.3) is 0 Å². The highest BCUT2D eigenvalue weighted by Gasteiger charge is 2.29. The van der Waals surface area contributed by atoms with Gasteiger partial charge in [0.1, 0.15) is 5.82 Å². The Morgan fingerprint density at radius 1 is 0.885 bits per heavy atom. The zero-order valence-electron chi connectivity index (χ0n) is 14.2. The van der Waals surface area contributed by atoms with Crippen molar-refractivity contribution in [1.82, 2.24) is 9.97 Å². The molecule has 2 aromatic carbocycles. The van der Waals surface area contributed by atoms with Crippen LogP contribution in [0.15, 0.2) is 54.7 Å². The Morgan fingerprint density at radius 3 is 2.27 bits per heavy atom. The van der Waals surface area contributed by atoms with Gasteiger partial charge < -0.3 is 10.6 Å². The van der Waals surface area contributed by atoms with Crippen molar-refractivity contribution in [3.05, 3.63) is 71.4 Å². The molecule has 0 saturated heterocycles. The average Bonchev–Trinajstić information content (AvgIpc) is 2.57. The SMILES string of the molecule is Cc1ccc(Nc2ccnc(Nc3ccc(C(F)(F)F)cc3)n2)c(C)c1. The fourth-order valence-corrected chi connectivity index (χ4v) is 2.45. The summed E-state index contributed by atoms with van der Waals surface area (Å²) in [5.74, 6) is 0.876. The van der Waals surface area contributed by atoms with Crippen LogP contribution >= 0.6 is 0 Å². The molecule has 0 unspecified atom stereocenters. The molecule has 3 aromatic rings. The van der Waals surface area contributed by atoms with Crippen LogP contribution in [-0.2, 0) is 6.18 Å². The second-order valence-corrected chi connectivity index (χ2v) is 5.91. The number of aryl methyl sites for hydroxylation is 2. The van der Waals surface area contributed by atoms with E-state index in [1.807, 2.05) is 26.0 Å². The lowest BCUT2D eigenvalue weighted by Gasteiger charge is -2.11. The standard InChI is InChI=1S/C19H17F3N4/c1-12-3-8-16(13(2)11-12)25-17-9-10-23-18(26-17)24-15-6-4-14(5-7-15)19(20,21)22/h3-11H,1-2H3,(H2,23,24,25,26). The lowest BCUT2D eigenvalue weighted by atomic mass is 10.1. The van der Waals surface area contributed by atoms with Gasteiger partial charge >= 0.3 is 6.18 Å². The van der Waals surface area contributed by atoms with Crippen molar-refractivity contribution >= 4 is 23.1 Å². The number of halogens is 3. The second-order valence-electron chi connectivity index (χ2n) is 5.91. The normalized spacial score (nSPS) is 11.3. The molecule has 0 aliphatic heterocycles. The molecular weight excluding hydrogens is 341 g/mol. The number of rotatable bonds is 4. The van der Waals surface area contributed by atoms with Crippen molar-refractivity contribution in [2.45, 2.75) is 20.0 Å². The first-order valence-corrected chi connectivity index (χ1v) is 7.93. The van der Waals surface area contributed by atoms with Gasteiger partial charge in [0.15, 0.2) is 0 Å². The van der Waals surface area contributed by atoms with Gasteiger partial charge in [0, 0.05) is 17.6 Å². The van der Waals surface area contributed by atoms with Crippen molar-refractivity contribution in [2.24, 2.45) is 0 Å². The Hall–Kier alpha value is -3.09. The highest BCUT2D eigenvalue weighted by Crippen LogP contribution is 2.30. The van der Waals surface area contributed by atoms with E-state index in [0.29, 0.717) is 17.5 Å². The molecule has 0 bridgehead atoms. The highest BCUT2D eigenvalue weighted by atomic mass is 19.4. The van der Waals surface area contributed by atoms with Crippen molar-refractivity contribution < 1.29 is 13.2 Å². The van der Waals surface area contributed by atoms with Gasteiger partial charge in [-0.3, -0.25) is 0 Å². The average molecular weight is 358 g/mol. The predicted molar refractivity (Wildman–Crippen MR) is 96.0 cm³/mol. The number of alkyl halides is 3. The van der Waals surface area contributed by atoms with E-state index in [4.69, 9.17) is 0 Å². The van der Waals surface area contributed by atoms with Gasteiger partial charge in [0.05, 0.1) is 5.56 Å². The molecule has 0 aliphatic carbocycles. The zero-order valence-corrected chi connectivity index (χ0v) is 14.2. The van der Waals surface area contributed by atoms with Gasteiger partial charge in [0.2, 0.25) is 5.95 Å². The minimum atomic E-state index is -4.36. The Labute approximate surface area is 149 Å². The maximum atomic E-state index is 12.6. The number of nitrogens with zero attached hydrogens (tertiary/aromatic N) is 2. The fourth-order valence-electron chi connectivity index (χ4n) is 2.45. The first-order chi connectivity index (χ1) is 12.3. The van der Waals surface area contributed by atoms with E-state index >= 15 is 0 Å². The summed E-state index contributed by atoms with van der Waals surface area (Å²) in [7, 11) is 0. The Morgan fingerprint density at radius 2 is 1.62 bits per heavy atom. The maximum absolute atomic E-state index is 12.6. The Kier molecular flexibility index (Phi) is 4.79. The number of anilines is 4. The monoisotopic (exact) mass is 358 g/mol. The van der Waals surface area contributed by atoms with Crippen molar-refractivity contribution in [1.29, 1.82) is 0 Å². The van der Waals surface area contributed by atoms with Crippen LogP contribution in [0.5, 0.6) is 0 Å². The van der Waals surface area contributed by atoms with Crippen LogP contribution in [0.3, 0.4) is 0 Å². The van der Waals surface area contributed by atoms with Crippen LogP contribution in [0.4, 0.5) is 36.3 Å². The lowest BCUT2D eigenvalue weighted by molar-refractivity contribution is -0.137. The van der Waals surface area contributed by atoms with Gasteiger partial charge in [-0.15, -0.1) is 0 Å². The molecule has 3 rings (SSSR count). The largest absolute Gasteiger partial charge is 0.416 e. The topological polar surface area (TPSA) is 49.8 Å². The summed E-state index contributed by atoms with van der Waals surface area (Å²) in [5.41, 5.74) is 2.95. The van der Waals surface area contributed by atoms with Crippen molar-refractivity contribution in [3.63, 3.8) is 0 Å². The highest BCUT2D eigenvalue weighted by molar-refractivity contribution is 5.62. The summed E-state index contributed by atoms with van der Waals surface area (Å²) in [6, 6.07) is 12.5. The molecule has 0 amide bonds. The van der Waals surface area contributed by atoms with Gasteiger partial charge in [-0.2, -0.15) is 18.2 Å². The summed E-state index contributed by atoms with van der Waals surface area (Å²) >= 11 is 0. The predicted octanol–water partition coefficient (Wildman–Crippen LogP) is 5.60. The summed E-state index contributed by atoms with van der Waals surface area (Å²) < 4.78 is 37.8. The summed E-state index contributed by atoms with van der Waals surface area (Å²) in [4.78, 5) is 8.44. The molecule has 0 fully saturated rings. The smallest absolute Gasteiger partial charge is 0.340 e. The zero-order chi connectivity index (χ0) is 18.7. The Balaban J connectivity index is 1.75. The van der Waals surface area contributed by atoms with E-state index in [2.05, 4.69) is 26.7 Å². The minimum Gasteiger partial charge on any atom is -0.340 e. The third-order valence-corrected chi connectivity index (χ3v) is 3.77. The molecule has 4 nitrogen and oxygen atoms in total. The number of nitrogens with one attached hydrogen (secondary N) is 2. The summed E-state index contributed by atoms with van der Waals surface area (Å²) in [5, 5.41) is 6.12. The van der Waals surface area contributed by atoms with Gasteiger partial charge in [-0.05, 0) is 55.8 Å². The van der Waals surface area contributed by atoms with Gasteiger partial charge in [-0.1, -0.05) is 17.7 Å². The molecule has 7 heteroatoms. The molecule has 1 heterocycles. The number of hydrogen-bond acceptors (Lipinski definition) is 4. The summed E-state index contributed by atoms with van der Waals surface area (Å²) in [6.45, 7) is 4.02. The quantitative estimate of drug-likeness (QED) is 0.637. The van der Waals surface area contributed by atoms with E-state index in [0.717, 1.165) is 23.4 Å². The van der Waals surface area contributed by atoms with Crippen LogP contribution in [0.1, 0.15) is 16.7 Å². The van der Waals surface area contributed by atoms with E-state index < -0.39 is 11.7 Å². The van der Waals surface area contributed by atoms with Crippen LogP contribution in [0.2, 0.25) is 0 Å². The molecule has 0 spiro atoms. The third-order valence-electron chi connectivity index (χ3n) is 3.77. The first-order valence-electron chi connectivity index (χ1n) is 7.93. The van der Waals surface area contributed by atoms with Crippen LogP contribution in [-0.4, -0.2) is 9.97 Å². The molecule has 2 N–H and O–H groups in total. The maximum Gasteiger partial charge on any atom is 0.416 e. The molecule has 0 saturated carbocycles. The molecule has 26 heavy (non-hydrogen) atoms. The summed E-state index contributed by atoms with van der Waals surface area (Å²) in [6.07, 6.45) is -2.78. The van der Waals surface area contributed by atoms with Crippen molar-refractivity contribution in [2.75, 3.05) is 10.6 Å². The van der Waals surface area contributed by atoms with Crippen LogP contribution in [0.25, 0.3) is 0 Å². The fraction of sp³-hybridized carbons (Fsp3) is 0.158. The molecular formula is C19H17F3N4. The lowest BCUT2D eigenvalue weighted by Crippen LogP contribution is -2.05. The first kappa shape index (κ1) is 17.7. The molecule has 1 aromatic heterocycles. The third kappa shape index (κ3) is 4.30. The second kappa shape index (κ2) is 7.03.